The van der Waals surface area contributed by atoms with E-state index in [1.54, 1.807) is 0 Å². The zero-order chi connectivity index (χ0) is 23.7. The van der Waals surface area contributed by atoms with Crippen LogP contribution in [0.5, 0.6) is 5.75 Å². The van der Waals surface area contributed by atoms with Gasteiger partial charge in [0.2, 0.25) is 10.0 Å². The predicted molar refractivity (Wildman–Crippen MR) is 113 cm³/mol. The minimum atomic E-state index is -4.32. The number of unbranched alkanes of at least 4 members (excludes halogenated alkanes) is 1. The highest BCUT2D eigenvalue weighted by molar-refractivity contribution is 7.89. The first-order chi connectivity index (χ1) is 15.2. The maximum Gasteiger partial charge on any atom is 0.264 e. The molecular formula is C20H32N2O9S. The SMILES string of the molecule is CCCCONC(=O)[C@H]1[C@@H](O)[C@H](O)[C@@H](O)CN1S(=O)(=O)c1ccc(OCCOCC)cc1. The van der Waals surface area contributed by atoms with Crippen LogP contribution < -0.4 is 10.2 Å². The molecule has 0 aliphatic carbocycles. The quantitative estimate of drug-likeness (QED) is 0.229. The molecule has 182 valence electrons. The van der Waals surface area contributed by atoms with Crippen molar-refractivity contribution in [3.8, 4) is 5.75 Å². The Morgan fingerprint density at radius 1 is 1.09 bits per heavy atom. The molecule has 0 saturated carbocycles. The maximum atomic E-state index is 13.2. The van der Waals surface area contributed by atoms with E-state index in [1.165, 1.54) is 24.3 Å². The average Bonchev–Trinajstić information content (AvgIpc) is 2.78. The van der Waals surface area contributed by atoms with Gasteiger partial charge in [-0.15, -0.1) is 0 Å². The van der Waals surface area contributed by atoms with Gasteiger partial charge in [-0.05, 0) is 37.6 Å². The van der Waals surface area contributed by atoms with Crippen molar-refractivity contribution in [2.45, 2.75) is 55.9 Å². The number of nitrogens with one attached hydrogen (secondary N) is 1. The van der Waals surface area contributed by atoms with Gasteiger partial charge in [0, 0.05) is 13.2 Å². The second-order valence-electron chi connectivity index (χ2n) is 7.25. The summed E-state index contributed by atoms with van der Waals surface area (Å²) < 4.78 is 37.8. The molecule has 0 aromatic heterocycles. The van der Waals surface area contributed by atoms with Crippen molar-refractivity contribution in [3.05, 3.63) is 24.3 Å². The molecule has 1 aliphatic heterocycles. The van der Waals surface area contributed by atoms with E-state index in [-0.39, 0.29) is 11.5 Å². The number of nitrogens with zero attached hydrogens (tertiary/aromatic N) is 1. The molecule has 4 N–H and O–H groups in total. The molecule has 11 nitrogen and oxygen atoms in total. The third kappa shape index (κ3) is 6.61. The molecule has 1 heterocycles. The molecule has 1 fully saturated rings. The number of hydrogen-bond donors (Lipinski definition) is 4. The molecule has 1 aromatic rings. The number of β-amino-alcohol motifs (C(OH)–C–C–N with tert-alkyl or cyclic N) is 1. The van der Waals surface area contributed by atoms with Gasteiger partial charge in [0.25, 0.3) is 5.91 Å². The van der Waals surface area contributed by atoms with Gasteiger partial charge >= 0.3 is 0 Å². The lowest BCUT2D eigenvalue weighted by Gasteiger charge is -2.41. The van der Waals surface area contributed by atoms with Gasteiger partial charge in [-0.2, -0.15) is 4.31 Å². The van der Waals surface area contributed by atoms with Crippen LogP contribution in [-0.2, 0) is 24.4 Å². The van der Waals surface area contributed by atoms with E-state index in [4.69, 9.17) is 14.3 Å². The Hall–Kier alpha value is -1.80. The summed E-state index contributed by atoms with van der Waals surface area (Å²) in [4.78, 5) is 17.5. The van der Waals surface area contributed by atoms with E-state index in [1.807, 2.05) is 13.8 Å². The van der Waals surface area contributed by atoms with Crippen LogP contribution in [0.4, 0.5) is 0 Å². The number of rotatable bonds is 12. The number of aliphatic hydroxyl groups excluding tert-OH is 3. The number of aliphatic hydroxyl groups is 3. The Kier molecular flexibility index (Phi) is 10.3. The molecule has 1 amide bonds. The molecular weight excluding hydrogens is 444 g/mol. The van der Waals surface area contributed by atoms with Crippen LogP contribution in [0.2, 0.25) is 0 Å². The molecule has 32 heavy (non-hydrogen) atoms. The van der Waals surface area contributed by atoms with Crippen molar-refractivity contribution >= 4 is 15.9 Å². The zero-order valence-corrected chi connectivity index (χ0v) is 19.0. The first kappa shape index (κ1) is 26.5. The van der Waals surface area contributed by atoms with Crippen molar-refractivity contribution in [1.29, 1.82) is 0 Å². The first-order valence-electron chi connectivity index (χ1n) is 10.5. The molecule has 0 bridgehead atoms. The van der Waals surface area contributed by atoms with Crippen molar-refractivity contribution in [1.82, 2.24) is 9.79 Å². The fourth-order valence-corrected chi connectivity index (χ4v) is 4.75. The number of carbonyl (C=O) groups excluding carboxylic acids is 1. The highest BCUT2D eigenvalue weighted by Gasteiger charge is 2.50. The zero-order valence-electron chi connectivity index (χ0n) is 18.2. The molecule has 4 atom stereocenters. The molecule has 0 radical (unpaired) electrons. The summed E-state index contributed by atoms with van der Waals surface area (Å²) in [5.74, 6) is -0.518. The number of carbonyl (C=O) groups is 1. The molecule has 1 aliphatic rings. The van der Waals surface area contributed by atoms with Gasteiger partial charge in [0.15, 0.2) is 0 Å². The fourth-order valence-electron chi connectivity index (χ4n) is 3.13. The number of ether oxygens (including phenoxy) is 2. The third-order valence-electron chi connectivity index (χ3n) is 4.92. The van der Waals surface area contributed by atoms with E-state index < -0.39 is 46.8 Å². The van der Waals surface area contributed by atoms with Gasteiger partial charge in [-0.3, -0.25) is 9.63 Å². The van der Waals surface area contributed by atoms with E-state index in [2.05, 4.69) is 5.48 Å². The second kappa shape index (κ2) is 12.4. The number of amides is 1. The monoisotopic (exact) mass is 476 g/mol. The normalized spacial score (nSPS) is 24.3. The predicted octanol–water partition coefficient (Wildman–Crippen LogP) is -0.595. The van der Waals surface area contributed by atoms with E-state index >= 15 is 0 Å². The Labute approximate surface area is 187 Å². The lowest BCUT2D eigenvalue weighted by atomic mass is 9.95. The summed E-state index contributed by atoms with van der Waals surface area (Å²) in [6, 6.07) is 3.80. The molecule has 12 heteroatoms. The summed E-state index contributed by atoms with van der Waals surface area (Å²) in [7, 11) is -4.32. The molecule has 0 unspecified atom stereocenters. The van der Waals surface area contributed by atoms with Crippen LogP contribution in [0.15, 0.2) is 29.2 Å². The maximum absolute atomic E-state index is 13.2. The van der Waals surface area contributed by atoms with Crippen LogP contribution >= 0.6 is 0 Å². The van der Waals surface area contributed by atoms with Crippen molar-refractivity contribution in [3.63, 3.8) is 0 Å². The topological polar surface area (TPSA) is 155 Å². The molecule has 1 aromatic carbocycles. The van der Waals surface area contributed by atoms with E-state index in [9.17, 15) is 28.5 Å². The number of benzene rings is 1. The summed E-state index contributed by atoms with van der Waals surface area (Å²) in [6.45, 7) is 4.65. The first-order valence-corrected chi connectivity index (χ1v) is 12.0. The highest BCUT2D eigenvalue weighted by atomic mass is 32.2. The lowest BCUT2D eigenvalue weighted by Crippen LogP contribution is -2.66. The number of sulfonamides is 1. The Morgan fingerprint density at radius 2 is 1.78 bits per heavy atom. The Morgan fingerprint density at radius 3 is 2.41 bits per heavy atom. The third-order valence-corrected chi connectivity index (χ3v) is 6.78. The average molecular weight is 477 g/mol. The summed E-state index contributed by atoms with van der Waals surface area (Å²) in [5.41, 5.74) is 2.12. The largest absolute Gasteiger partial charge is 0.491 e. The smallest absolute Gasteiger partial charge is 0.264 e. The van der Waals surface area contributed by atoms with Gasteiger partial charge in [0.1, 0.15) is 30.6 Å². The summed E-state index contributed by atoms with van der Waals surface area (Å²) in [6.07, 6.45) is -3.65. The summed E-state index contributed by atoms with van der Waals surface area (Å²) in [5, 5.41) is 30.4. The van der Waals surface area contributed by atoms with Crippen molar-refractivity contribution < 1.29 is 42.8 Å². The Balaban J connectivity index is 2.20. The lowest BCUT2D eigenvalue weighted by molar-refractivity contribution is -0.157. The minimum Gasteiger partial charge on any atom is -0.491 e. The van der Waals surface area contributed by atoms with Crippen LogP contribution in [0.25, 0.3) is 0 Å². The van der Waals surface area contributed by atoms with Gasteiger partial charge in [-0.1, -0.05) is 13.3 Å². The van der Waals surface area contributed by atoms with E-state index in [0.717, 1.165) is 6.42 Å². The molecule has 2 rings (SSSR count). The minimum absolute atomic E-state index is 0.171. The fraction of sp³-hybridized carbons (Fsp3) is 0.650. The van der Waals surface area contributed by atoms with Crippen LogP contribution in [0, 0.1) is 0 Å². The van der Waals surface area contributed by atoms with Gasteiger partial charge < -0.3 is 24.8 Å². The highest BCUT2D eigenvalue weighted by Crippen LogP contribution is 2.27. The van der Waals surface area contributed by atoms with Gasteiger partial charge in [0.05, 0.1) is 24.2 Å². The van der Waals surface area contributed by atoms with E-state index in [0.29, 0.717) is 36.3 Å². The molecule has 1 saturated heterocycles. The number of piperidine rings is 1. The second-order valence-corrected chi connectivity index (χ2v) is 9.14. The summed E-state index contributed by atoms with van der Waals surface area (Å²) >= 11 is 0. The molecule has 0 spiro atoms. The standard InChI is InChI=1S/C20H32N2O9S/c1-3-5-10-31-21-20(26)17-19(25)18(24)16(23)13-22(17)32(27,28)15-8-6-14(7-9-15)30-12-11-29-4-2/h6-9,16-19,23-25H,3-5,10-13H2,1-2H3,(H,21,26)/t16-,17+,18+,19+/m0/s1. The van der Waals surface area contributed by atoms with Crippen LogP contribution in [0.3, 0.4) is 0 Å². The van der Waals surface area contributed by atoms with Gasteiger partial charge in [-0.25, -0.2) is 13.9 Å². The van der Waals surface area contributed by atoms with Crippen molar-refractivity contribution in [2.24, 2.45) is 0 Å². The number of hydrogen-bond acceptors (Lipinski definition) is 9. The van der Waals surface area contributed by atoms with Crippen molar-refractivity contribution in [2.75, 3.05) is 33.0 Å². The van der Waals surface area contributed by atoms with Crippen LogP contribution in [0.1, 0.15) is 26.7 Å². The number of hydroxylamine groups is 1. The van der Waals surface area contributed by atoms with Crippen LogP contribution in [-0.4, -0.2) is 91.3 Å². The Bertz CT molecular complexity index is 819.